The summed E-state index contributed by atoms with van der Waals surface area (Å²) in [7, 11) is 0. The Morgan fingerprint density at radius 2 is 1.09 bits per heavy atom. The Balaban J connectivity index is 1.01. The highest BCUT2D eigenvalue weighted by molar-refractivity contribution is 7.99. The molecule has 3 aliphatic heterocycles. The second-order valence-corrected chi connectivity index (χ2v) is 16.1. The Bertz CT molecular complexity index is 2920. The van der Waals surface area contributed by atoms with Gasteiger partial charge in [-0.3, -0.25) is 5.32 Å². The summed E-state index contributed by atoms with van der Waals surface area (Å²) < 4.78 is 7.03. The van der Waals surface area contributed by atoms with Crippen LogP contribution in [0.4, 0.5) is 17.1 Å². The highest BCUT2D eigenvalue weighted by Gasteiger charge is 2.51. The van der Waals surface area contributed by atoms with Gasteiger partial charge in [-0.25, -0.2) is 4.99 Å². The molecule has 1 aliphatic carbocycles. The molecule has 0 fully saturated rings. The van der Waals surface area contributed by atoms with Gasteiger partial charge in [0.25, 0.3) is 0 Å². The normalized spacial score (nSPS) is 16.4. The van der Waals surface area contributed by atoms with Crippen LogP contribution in [0.1, 0.15) is 45.1 Å². The number of amidine groups is 2. The van der Waals surface area contributed by atoms with Gasteiger partial charge < -0.3 is 9.64 Å². The highest BCUT2D eigenvalue weighted by Crippen LogP contribution is 2.62. The summed E-state index contributed by atoms with van der Waals surface area (Å²) in [5, 5.41) is 2.19. The molecule has 0 bridgehead atoms. The maximum Gasteiger partial charge on any atom is 0.235 e. The maximum absolute atomic E-state index is 7.03. The van der Waals surface area contributed by atoms with Gasteiger partial charge in [-0.1, -0.05) is 133 Å². The molecule has 8 aromatic rings. The lowest BCUT2D eigenvalue weighted by Crippen LogP contribution is -2.90. The van der Waals surface area contributed by atoms with E-state index >= 15 is 0 Å². The van der Waals surface area contributed by atoms with Crippen molar-refractivity contribution in [1.82, 2.24) is 0 Å². The van der Waals surface area contributed by atoms with E-state index in [1.165, 1.54) is 43.4 Å². The molecule has 6 heteroatoms. The van der Waals surface area contributed by atoms with Gasteiger partial charge in [0.2, 0.25) is 12.0 Å². The first-order valence-corrected chi connectivity index (χ1v) is 20.5. The van der Waals surface area contributed by atoms with Crippen molar-refractivity contribution in [2.75, 3.05) is 4.90 Å². The zero-order chi connectivity index (χ0) is 38.2. The third kappa shape index (κ3) is 4.89. The van der Waals surface area contributed by atoms with Crippen LogP contribution in [0.25, 0.3) is 11.1 Å². The Morgan fingerprint density at radius 3 is 1.79 bits per heavy atom. The third-order valence-corrected chi connectivity index (χ3v) is 13.0. The Morgan fingerprint density at radius 1 is 0.517 bits per heavy atom. The van der Waals surface area contributed by atoms with E-state index in [-0.39, 0.29) is 6.17 Å². The van der Waals surface area contributed by atoms with Crippen LogP contribution in [-0.2, 0) is 5.41 Å². The summed E-state index contributed by atoms with van der Waals surface area (Å²) in [6.45, 7) is 0. The molecule has 274 valence electrons. The number of quaternary nitrogens is 1. The number of fused-ring (bicyclic) bond motifs is 11. The average Bonchev–Trinajstić information content (AvgIpc) is 3.59. The van der Waals surface area contributed by atoms with Gasteiger partial charge in [0, 0.05) is 32.2 Å². The molecule has 0 radical (unpaired) electrons. The highest BCUT2D eigenvalue weighted by atomic mass is 32.2. The van der Waals surface area contributed by atoms with Gasteiger partial charge in [0.1, 0.15) is 11.5 Å². The summed E-state index contributed by atoms with van der Waals surface area (Å²) in [6.07, 6.45) is -0.276. The van der Waals surface area contributed by atoms with E-state index in [2.05, 4.69) is 198 Å². The van der Waals surface area contributed by atoms with Crippen LogP contribution < -0.4 is 15.0 Å². The van der Waals surface area contributed by atoms with Gasteiger partial charge in [0.15, 0.2) is 5.84 Å². The summed E-state index contributed by atoms with van der Waals surface area (Å²) in [5.74, 6) is 3.17. The first kappa shape index (κ1) is 33.2. The number of rotatable bonds is 4. The largest absolute Gasteiger partial charge is 0.456 e. The minimum atomic E-state index is -0.569. The predicted octanol–water partition coefficient (Wildman–Crippen LogP) is 11.6. The zero-order valence-electron chi connectivity index (χ0n) is 31.3. The SMILES string of the molecule is c1ccc(C2=NC(c3cccc4c3Oc3ccccc3C43c4ccccc4-c4ccccc43)=NC(c3ccc(N4c5ccccc5Sc5ccccc54)cc3)[NH2+]2)cc1. The molecule has 0 saturated heterocycles. The van der Waals surface area contributed by atoms with Crippen molar-refractivity contribution in [2.24, 2.45) is 9.98 Å². The van der Waals surface area contributed by atoms with Crippen LogP contribution >= 0.6 is 11.8 Å². The van der Waals surface area contributed by atoms with E-state index < -0.39 is 5.41 Å². The van der Waals surface area contributed by atoms with Crippen molar-refractivity contribution in [1.29, 1.82) is 0 Å². The standard InChI is InChI=1S/C52H34N4OS/c1-2-15-33(16-3-1)49-53-50(34-29-31-35(32-30-34)56-43-24-9-12-27-46(43)58-47-28-13-10-25-44(47)56)55-51(54-49)38-19-14-23-42-48(38)57-45-26-11-8-22-41(45)52(42)39-20-6-4-17-36(39)37-18-5-7-21-40(37)52/h1-32,50H,(H,53,54,55)/p+1. The lowest BCUT2D eigenvalue weighted by Gasteiger charge is -2.40. The molecular weight excluding hydrogens is 729 g/mol. The molecule has 1 spiro atoms. The van der Waals surface area contributed by atoms with E-state index in [4.69, 9.17) is 14.7 Å². The number of aliphatic imine (C=N–C) groups is 2. The smallest absolute Gasteiger partial charge is 0.235 e. The van der Waals surface area contributed by atoms with Gasteiger partial charge >= 0.3 is 0 Å². The molecule has 8 aromatic carbocycles. The predicted molar refractivity (Wildman–Crippen MR) is 233 cm³/mol. The van der Waals surface area contributed by atoms with E-state index in [0.29, 0.717) is 5.84 Å². The van der Waals surface area contributed by atoms with Gasteiger partial charge in [0.05, 0.1) is 27.9 Å². The van der Waals surface area contributed by atoms with Crippen LogP contribution in [-0.4, -0.2) is 11.7 Å². The van der Waals surface area contributed by atoms with Crippen LogP contribution in [0.5, 0.6) is 11.5 Å². The molecule has 3 heterocycles. The van der Waals surface area contributed by atoms with E-state index in [1.807, 2.05) is 17.8 Å². The Hall–Kier alpha value is -6.99. The Labute approximate surface area is 341 Å². The molecular formula is C52H35N4OS+. The second kappa shape index (κ2) is 13.0. The summed E-state index contributed by atoms with van der Waals surface area (Å²) >= 11 is 1.82. The van der Waals surface area contributed by atoms with Crippen LogP contribution in [0, 0.1) is 0 Å². The van der Waals surface area contributed by atoms with Crippen molar-refractivity contribution in [3.05, 3.63) is 233 Å². The molecule has 0 saturated carbocycles. The molecule has 0 aromatic heterocycles. The molecule has 5 nitrogen and oxygen atoms in total. The van der Waals surface area contributed by atoms with Crippen LogP contribution in [0.2, 0.25) is 0 Å². The number of nitrogens with two attached hydrogens (primary N) is 1. The number of ether oxygens (including phenoxy) is 1. The van der Waals surface area contributed by atoms with Gasteiger partial charge in [-0.15, -0.1) is 0 Å². The van der Waals surface area contributed by atoms with Crippen LogP contribution in [0.3, 0.4) is 0 Å². The maximum atomic E-state index is 7.03. The van der Waals surface area contributed by atoms with E-state index in [0.717, 1.165) is 50.8 Å². The molecule has 58 heavy (non-hydrogen) atoms. The fraction of sp³-hybridized carbons (Fsp3) is 0.0385. The zero-order valence-corrected chi connectivity index (χ0v) is 32.1. The minimum absolute atomic E-state index is 0.276. The van der Waals surface area contributed by atoms with Gasteiger partial charge in [-0.2, -0.15) is 4.99 Å². The summed E-state index contributed by atoms with van der Waals surface area (Å²) in [4.78, 5) is 15.6. The molecule has 2 N–H and O–H groups in total. The van der Waals surface area contributed by atoms with E-state index in [1.54, 1.807) is 0 Å². The molecule has 1 atom stereocenters. The third-order valence-electron chi connectivity index (χ3n) is 11.9. The Kier molecular flexibility index (Phi) is 7.45. The number of hydrogen-bond acceptors (Lipinski definition) is 5. The number of nitrogens with zero attached hydrogens (tertiary/aromatic N) is 3. The minimum Gasteiger partial charge on any atom is -0.456 e. The fourth-order valence-corrected chi connectivity index (χ4v) is 10.5. The first-order valence-electron chi connectivity index (χ1n) is 19.7. The lowest BCUT2D eigenvalue weighted by molar-refractivity contribution is -0.586. The fourth-order valence-electron chi connectivity index (χ4n) is 9.43. The first-order chi connectivity index (χ1) is 28.8. The quantitative estimate of drug-likeness (QED) is 0.194. The van der Waals surface area contributed by atoms with Gasteiger partial charge in [-0.05, 0) is 95.1 Å². The van der Waals surface area contributed by atoms with Crippen LogP contribution in [0.15, 0.2) is 214 Å². The van der Waals surface area contributed by atoms with Crippen molar-refractivity contribution in [3.8, 4) is 22.6 Å². The number of anilines is 3. The van der Waals surface area contributed by atoms with Crippen molar-refractivity contribution < 1.29 is 10.1 Å². The summed E-state index contributed by atoms with van der Waals surface area (Å²) in [5.41, 5.74) is 13.1. The molecule has 4 aliphatic rings. The lowest BCUT2D eigenvalue weighted by atomic mass is 9.66. The molecule has 12 rings (SSSR count). The molecule has 1 unspecified atom stereocenters. The number of para-hydroxylation sites is 4. The molecule has 0 amide bonds. The number of hydrogen-bond donors (Lipinski definition) is 1. The van der Waals surface area contributed by atoms with Crippen molar-refractivity contribution in [3.63, 3.8) is 0 Å². The van der Waals surface area contributed by atoms with E-state index in [9.17, 15) is 0 Å². The second-order valence-electron chi connectivity index (χ2n) is 15.0. The average molecular weight is 764 g/mol. The monoisotopic (exact) mass is 763 g/mol. The van der Waals surface area contributed by atoms with Crippen molar-refractivity contribution >= 4 is 40.5 Å². The topological polar surface area (TPSA) is 53.8 Å². The summed E-state index contributed by atoms with van der Waals surface area (Å²) in [6, 6.07) is 69.2. The number of benzene rings is 8. The van der Waals surface area contributed by atoms with Crippen molar-refractivity contribution in [2.45, 2.75) is 21.4 Å².